The molecule has 0 bridgehead atoms. The highest BCUT2D eigenvalue weighted by Gasteiger charge is 2.63. The van der Waals surface area contributed by atoms with E-state index in [1.165, 1.54) is 82.6 Å². The lowest BCUT2D eigenvalue weighted by Gasteiger charge is -2.58. The molecular formula is C36H56N2O. The summed E-state index contributed by atoms with van der Waals surface area (Å²) in [7, 11) is 2.04. The Morgan fingerprint density at radius 1 is 1.08 bits per heavy atom. The molecule has 0 aromatic carbocycles. The maximum absolute atomic E-state index is 11.0. The summed E-state index contributed by atoms with van der Waals surface area (Å²) >= 11 is 0. The van der Waals surface area contributed by atoms with Crippen molar-refractivity contribution in [3.63, 3.8) is 0 Å². The Hall–Kier alpha value is -0.900. The van der Waals surface area contributed by atoms with Gasteiger partial charge in [-0.05, 0) is 145 Å². The molecular weight excluding hydrogens is 476 g/mol. The van der Waals surface area contributed by atoms with Crippen LogP contribution in [0.4, 0.5) is 0 Å². The van der Waals surface area contributed by atoms with E-state index in [2.05, 4.69) is 51.0 Å². The summed E-state index contributed by atoms with van der Waals surface area (Å²) in [6.45, 7) is 14.5. The third-order valence-corrected chi connectivity index (χ3v) is 14.6. The molecule has 3 heteroatoms. The third kappa shape index (κ3) is 3.84. The van der Waals surface area contributed by atoms with Crippen molar-refractivity contribution in [1.82, 2.24) is 10.6 Å². The van der Waals surface area contributed by atoms with Crippen LogP contribution in [0.25, 0.3) is 0 Å². The first-order valence-corrected chi connectivity index (χ1v) is 16.8. The number of hydrogen-bond donors (Lipinski definition) is 3. The van der Waals surface area contributed by atoms with Gasteiger partial charge < -0.3 is 15.7 Å². The minimum absolute atomic E-state index is 0.179. The van der Waals surface area contributed by atoms with Gasteiger partial charge in [-0.3, -0.25) is 0 Å². The molecule has 11 atom stereocenters. The molecule has 6 fully saturated rings. The van der Waals surface area contributed by atoms with Gasteiger partial charge >= 0.3 is 0 Å². The molecule has 3 nitrogen and oxygen atoms in total. The van der Waals surface area contributed by atoms with E-state index in [4.69, 9.17) is 0 Å². The molecule has 11 unspecified atom stereocenters. The second kappa shape index (κ2) is 9.30. The molecule has 7 aliphatic rings. The molecule has 0 radical (unpaired) electrons. The first-order valence-electron chi connectivity index (χ1n) is 16.8. The fraction of sp³-hybridized carbons (Fsp3) is 0.833. The minimum Gasteiger partial charge on any atom is -0.391 e. The van der Waals surface area contributed by atoms with E-state index in [0.29, 0.717) is 34.7 Å². The zero-order valence-corrected chi connectivity index (χ0v) is 25.6. The number of aliphatic hydroxyl groups excluding tert-OH is 1. The Labute approximate surface area is 238 Å². The van der Waals surface area contributed by atoms with Crippen LogP contribution in [0.2, 0.25) is 0 Å². The SMILES string of the molecule is C=C(C)C1CC2=C(C)C=C(C3CCC4CC5CC6CC(NC)C(O)CC6C5C4(C)N3)CC2(C)C2(CCCC2)C1. The number of likely N-dealkylation sites (N-methyl/N-ethyl adjacent to an activating group) is 1. The van der Waals surface area contributed by atoms with Gasteiger partial charge in [-0.15, -0.1) is 0 Å². The standard InChI is InChI=1S/C36H56N2O/c1-21(2)25-16-29-22(3)13-26(19-34(29,4)36(20-25)11-7-8-12-36)30-10-9-27-15-24-14-23-17-31(37-6)32(39)18-28(23)33(24)35(27,5)38-30/h13,23-25,27-28,30-33,37-39H,1,7-12,14-20H2,2-6H3. The first kappa shape index (κ1) is 27.0. The van der Waals surface area contributed by atoms with Crippen LogP contribution in [-0.2, 0) is 0 Å². The van der Waals surface area contributed by atoms with Crippen LogP contribution in [0.5, 0.6) is 0 Å². The molecule has 7 rings (SSSR count). The van der Waals surface area contributed by atoms with Gasteiger partial charge in [0, 0.05) is 17.6 Å². The zero-order valence-electron chi connectivity index (χ0n) is 25.6. The Kier molecular flexibility index (Phi) is 6.43. The molecule has 0 aromatic rings. The van der Waals surface area contributed by atoms with Crippen molar-refractivity contribution < 1.29 is 5.11 Å². The predicted octanol–water partition coefficient (Wildman–Crippen LogP) is 7.33. The van der Waals surface area contributed by atoms with Gasteiger partial charge in [0.1, 0.15) is 0 Å². The molecule has 6 aliphatic carbocycles. The van der Waals surface area contributed by atoms with E-state index in [1.54, 1.807) is 16.7 Å². The van der Waals surface area contributed by atoms with Crippen molar-refractivity contribution in [2.45, 2.75) is 135 Å². The lowest BCUT2D eigenvalue weighted by Crippen LogP contribution is -2.61. The molecule has 1 heterocycles. The molecule has 1 saturated heterocycles. The topological polar surface area (TPSA) is 44.3 Å². The summed E-state index contributed by atoms with van der Waals surface area (Å²) in [6, 6.07) is 0.814. The van der Waals surface area contributed by atoms with Crippen molar-refractivity contribution in [3.05, 3.63) is 34.9 Å². The quantitative estimate of drug-likeness (QED) is 0.334. The summed E-state index contributed by atoms with van der Waals surface area (Å²) in [5.41, 5.74) is 7.49. The van der Waals surface area contributed by atoms with Crippen molar-refractivity contribution >= 4 is 0 Å². The molecule has 216 valence electrons. The number of aliphatic hydroxyl groups is 1. The lowest BCUT2D eigenvalue weighted by atomic mass is 9.47. The molecule has 5 saturated carbocycles. The molecule has 0 amide bonds. The Morgan fingerprint density at radius 2 is 1.85 bits per heavy atom. The summed E-state index contributed by atoms with van der Waals surface area (Å²) in [5, 5.41) is 18.9. The fourth-order valence-electron chi connectivity index (χ4n) is 12.6. The average molecular weight is 533 g/mol. The largest absolute Gasteiger partial charge is 0.391 e. The van der Waals surface area contributed by atoms with Crippen LogP contribution in [0.15, 0.2) is 34.9 Å². The summed E-state index contributed by atoms with van der Waals surface area (Å²) in [6.07, 6.45) is 19.7. The van der Waals surface area contributed by atoms with E-state index in [0.717, 1.165) is 30.1 Å². The molecule has 3 N–H and O–H groups in total. The van der Waals surface area contributed by atoms with Crippen LogP contribution in [0.1, 0.15) is 111 Å². The van der Waals surface area contributed by atoms with Crippen LogP contribution < -0.4 is 10.6 Å². The molecule has 1 aliphatic heterocycles. The normalized spacial score (nSPS) is 50.3. The Balaban J connectivity index is 1.18. The van der Waals surface area contributed by atoms with Crippen molar-refractivity contribution in [2.75, 3.05) is 7.05 Å². The Bertz CT molecular complexity index is 1080. The number of allylic oxidation sites excluding steroid dienone is 4. The number of piperidine rings is 1. The smallest absolute Gasteiger partial charge is 0.0696 e. The monoisotopic (exact) mass is 532 g/mol. The van der Waals surface area contributed by atoms with E-state index in [1.807, 2.05) is 7.05 Å². The van der Waals surface area contributed by atoms with Gasteiger partial charge in [-0.25, -0.2) is 0 Å². The van der Waals surface area contributed by atoms with Crippen molar-refractivity contribution in [3.8, 4) is 0 Å². The van der Waals surface area contributed by atoms with E-state index >= 15 is 0 Å². The van der Waals surface area contributed by atoms with Gasteiger partial charge in [0.15, 0.2) is 0 Å². The van der Waals surface area contributed by atoms with Crippen molar-refractivity contribution in [2.24, 2.45) is 46.3 Å². The highest BCUT2D eigenvalue weighted by Crippen LogP contribution is 2.68. The van der Waals surface area contributed by atoms with Crippen LogP contribution in [0.3, 0.4) is 0 Å². The highest BCUT2D eigenvalue weighted by atomic mass is 16.3. The fourth-order valence-corrected chi connectivity index (χ4v) is 12.6. The second-order valence-electron chi connectivity index (χ2n) is 16.2. The van der Waals surface area contributed by atoms with E-state index < -0.39 is 0 Å². The number of fused-ring (bicyclic) bond motifs is 7. The number of hydrogen-bond acceptors (Lipinski definition) is 3. The van der Waals surface area contributed by atoms with Gasteiger partial charge in [-0.2, -0.15) is 0 Å². The molecule has 0 aromatic heterocycles. The maximum Gasteiger partial charge on any atom is 0.0696 e. The van der Waals surface area contributed by atoms with Crippen LogP contribution >= 0.6 is 0 Å². The zero-order chi connectivity index (χ0) is 27.3. The number of rotatable bonds is 3. The van der Waals surface area contributed by atoms with Crippen molar-refractivity contribution in [1.29, 1.82) is 0 Å². The predicted molar refractivity (Wildman–Crippen MR) is 161 cm³/mol. The van der Waals surface area contributed by atoms with Gasteiger partial charge in [0.2, 0.25) is 0 Å². The van der Waals surface area contributed by atoms with Crippen LogP contribution in [0, 0.1) is 46.3 Å². The van der Waals surface area contributed by atoms with Crippen LogP contribution in [-0.4, -0.2) is 35.9 Å². The average Bonchev–Trinajstić information content (AvgIpc) is 3.57. The third-order valence-electron chi connectivity index (χ3n) is 14.6. The van der Waals surface area contributed by atoms with Gasteiger partial charge in [-0.1, -0.05) is 54.7 Å². The minimum atomic E-state index is -0.179. The Morgan fingerprint density at radius 3 is 2.56 bits per heavy atom. The molecule has 39 heavy (non-hydrogen) atoms. The van der Waals surface area contributed by atoms with Gasteiger partial charge in [0.25, 0.3) is 0 Å². The maximum atomic E-state index is 11.0. The second-order valence-corrected chi connectivity index (χ2v) is 16.2. The van der Waals surface area contributed by atoms with E-state index in [-0.39, 0.29) is 11.6 Å². The first-order chi connectivity index (χ1) is 18.6. The van der Waals surface area contributed by atoms with E-state index in [9.17, 15) is 5.11 Å². The number of nitrogens with one attached hydrogen (secondary N) is 2. The summed E-state index contributed by atoms with van der Waals surface area (Å²) in [5.74, 6) is 4.56. The molecule has 1 spiro atoms. The lowest BCUT2D eigenvalue weighted by molar-refractivity contribution is 0.00836. The van der Waals surface area contributed by atoms with Gasteiger partial charge in [0.05, 0.1) is 6.10 Å². The summed E-state index contributed by atoms with van der Waals surface area (Å²) in [4.78, 5) is 0. The highest BCUT2D eigenvalue weighted by molar-refractivity contribution is 5.44. The summed E-state index contributed by atoms with van der Waals surface area (Å²) < 4.78 is 0.